The lowest BCUT2D eigenvalue weighted by Crippen LogP contribution is -2.09. The van der Waals surface area contributed by atoms with Crippen LogP contribution in [0.4, 0.5) is 17.1 Å². The molecular formula is C50H31NOS. The molecule has 0 fully saturated rings. The molecule has 0 spiro atoms. The number of hydrogen-bond acceptors (Lipinski definition) is 3. The molecule has 2 nitrogen and oxygen atoms in total. The number of nitrogens with zero attached hydrogens (tertiary/aromatic N) is 1. The van der Waals surface area contributed by atoms with Crippen LogP contribution in [0, 0.1) is 0 Å². The Kier molecular flexibility index (Phi) is 6.76. The van der Waals surface area contributed by atoms with Crippen LogP contribution in [0.2, 0.25) is 0 Å². The molecule has 11 aromatic rings. The average Bonchev–Trinajstić information content (AvgIpc) is 3.80. The van der Waals surface area contributed by atoms with Crippen molar-refractivity contribution in [3.05, 3.63) is 188 Å². The van der Waals surface area contributed by atoms with E-state index in [0.29, 0.717) is 0 Å². The van der Waals surface area contributed by atoms with Crippen molar-refractivity contribution in [2.24, 2.45) is 0 Å². The molecule has 0 N–H and O–H groups in total. The maximum absolute atomic E-state index is 6.55. The molecule has 248 valence electrons. The van der Waals surface area contributed by atoms with Gasteiger partial charge in [0.15, 0.2) is 0 Å². The molecule has 2 heterocycles. The SMILES string of the molecule is c1ccc(-c2cc3ccc(N(c4ccccc4)c4ccc5sc6cccc(-c7cccc8c7oc7ccccc78)c6c5c4)cc3c3ccccc23)cc1. The Morgan fingerprint density at radius 1 is 0.377 bits per heavy atom. The van der Waals surface area contributed by atoms with Gasteiger partial charge in [-0.25, -0.2) is 0 Å². The van der Waals surface area contributed by atoms with Crippen molar-refractivity contribution in [3.8, 4) is 22.3 Å². The highest BCUT2D eigenvalue weighted by atomic mass is 32.1. The lowest BCUT2D eigenvalue weighted by atomic mass is 9.93. The van der Waals surface area contributed by atoms with Crippen molar-refractivity contribution in [2.75, 3.05) is 4.90 Å². The summed E-state index contributed by atoms with van der Waals surface area (Å²) in [5, 5.41) is 9.76. The highest BCUT2D eigenvalue weighted by Gasteiger charge is 2.20. The second kappa shape index (κ2) is 11.9. The van der Waals surface area contributed by atoms with Gasteiger partial charge in [0.25, 0.3) is 0 Å². The first-order valence-corrected chi connectivity index (χ1v) is 18.8. The van der Waals surface area contributed by atoms with Gasteiger partial charge >= 0.3 is 0 Å². The quantitative estimate of drug-likeness (QED) is 0.167. The lowest BCUT2D eigenvalue weighted by molar-refractivity contribution is 0.670. The minimum atomic E-state index is 0.914. The van der Waals surface area contributed by atoms with E-state index in [9.17, 15) is 0 Å². The van der Waals surface area contributed by atoms with Crippen molar-refractivity contribution in [2.45, 2.75) is 0 Å². The molecule has 53 heavy (non-hydrogen) atoms. The monoisotopic (exact) mass is 693 g/mol. The Morgan fingerprint density at radius 2 is 1.04 bits per heavy atom. The summed E-state index contributed by atoms with van der Waals surface area (Å²) in [7, 11) is 0. The number of rotatable bonds is 5. The maximum atomic E-state index is 6.55. The van der Waals surface area contributed by atoms with Gasteiger partial charge in [0.2, 0.25) is 0 Å². The van der Waals surface area contributed by atoms with E-state index in [0.717, 1.165) is 44.6 Å². The van der Waals surface area contributed by atoms with Crippen LogP contribution in [0.15, 0.2) is 192 Å². The first-order valence-electron chi connectivity index (χ1n) is 18.0. The van der Waals surface area contributed by atoms with E-state index in [1.807, 2.05) is 17.4 Å². The number of hydrogen-bond donors (Lipinski definition) is 0. The number of anilines is 3. The van der Waals surface area contributed by atoms with Gasteiger partial charge in [0, 0.05) is 53.6 Å². The van der Waals surface area contributed by atoms with Gasteiger partial charge in [-0.3, -0.25) is 0 Å². The molecule has 0 aliphatic carbocycles. The van der Waals surface area contributed by atoms with Crippen LogP contribution < -0.4 is 4.90 Å². The number of thiophene rings is 1. The Morgan fingerprint density at radius 3 is 1.89 bits per heavy atom. The zero-order valence-electron chi connectivity index (χ0n) is 28.7. The molecule has 0 saturated heterocycles. The summed E-state index contributed by atoms with van der Waals surface area (Å²) in [4.78, 5) is 2.39. The molecular weight excluding hydrogens is 663 g/mol. The van der Waals surface area contributed by atoms with Gasteiger partial charge in [0.05, 0.1) is 0 Å². The zero-order valence-corrected chi connectivity index (χ0v) is 29.5. The fourth-order valence-electron chi connectivity index (χ4n) is 8.25. The standard InChI is InChI=1S/C50H31NOS/c1-3-13-32(14-4-1)43-29-33-25-26-35(30-44(33)38-18-8-7-17-37(38)43)51(34-15-5-2-6-16-34)36-27-28-47-45(31-36)49-40(20-12-24-48(49)53-47)42-22-11-21-41-39-19-9-10-23-46(39)52-50(41)42/h1-31H. The summed E-state index contributed by atoms with van der Waals surface area (Å²) in [6.07, 6.45) is 0. The molecule has 2 aromatic heterocycles. The van der Waals surface area contributed by atoms with Gasteiger partial charge in [-0.15, -0.1) is 11.3 Å². The van der Waals surface area contributed by atoms with Crippen molar-refractivity contribution in [1.29, 1.82) is 0 Å². The van der Waals surface area contributed by atoms with Crippen LogP contribution in [0.25, 0.3) is 85.9 Å². The minimum Gasteiger partial charge on any atom is -0.455 e. The van der Waals surface area contributed by atoms with E-state index in [2.05, 4.69) is 187 Å². The molecule has 0 bridgehead atoms. The first kappa shape index (κ1) is 30.0. The maximum Gasteiger partial charge on any atom is 0.143 e. The fraction of sp³-hybridized carbons (Fsp3) is 0. The van der Waals surface area contributed by atoms with E-state index < -0.39 is 0 Å². The van der Waals surface area contributed by atoms with Crippen LogP contribution in [0.3, 0.4) is 0 Å². The zero-order chi connectivity index (χ0) is 34.9. The molecule has 0 aliphatic heterocycles. The summed E-state index contributed by atoms with van der Waals surface area (Å²) in [6, 6.07) is 67.9. The Bertz CT molecular complexity index is 3180. The molecule has 3 heteroatoms. The first-order chi connectivity index (χ1) is 26.3. The third kappa shape index (κ3) is 4.78. The Labute approximate surface area is 310 Å². The third-order valence-electron chi connectivity index (χ3n) is 10.6. The fourth-order valence-corrected chi connectivity index (χ4v) is 9.36. The van der Waals surface area contributed by atoms with Gasteiger partial charge in [-0.2, -0.15) is 0 Å². The van der Waals surface area contributed by atoms with Crippen LogP contribution >= 0.6 is 11.3 Å². The van der Waals surface area contributed by atoms with Crippen molar-refractivity contribution in [3.63, 3.8) is 0 Å². The van der Waals surface area contributed by atoms with Crippen LogP contribution in [-0.2, 0) is 0 Å². The summed E-state index contributed by atoms with van der Waals surface area (Å²) in [5.74, 6) is 0. The van der Waals surface area contributed by atoms with E-state index in [1.165, 1.54) is 58.4 Å². The predicted octanol–water partition coefficient (Wildman–Crippen LogP) is 15.1. The molecule has 0 saturated carbocycles. The van der Waals surface area contributed by atoms with E-state index in [-0.39, 0.29) is 0 Å². The molecule has 0 unspecified atom stereocenters. The third-order valence-corrected chi connectivity index (χ3v) is 11.8. The van der Waals surface area contributed by atoms with Crippen molar-refractivity contribution >= 4 is 92.1 Å². The van der Waals surface area contributed by atoms with Gasteiger partial charge in [-0.1, -0.05) is 127 Å². The second-order valence-corrected chi connectivity index (χ2v) is 14.7. The van der Waals surface area contributed by atoms with Gasteiger partial charge in [-0.05, 0) is 98.9 Å². The van der Waals surface area contributed by atoms with Crippen LogP contribution in [-0.4, -0.2) is 0 Å². The average molecular weight is 694 g/mol. The Hall–Kier alpha value is -6.68. The van der Waals surface area contributed by atoms with E-state index >= 15 is 0 Å². The normalized spacial score (nSPS) is 11.8. The van der Waals surface area contributed by atoms with Crippen molar-refractivity contribution in [1.82, 2.24) is 0 Å². The summed E-state index contributed by atoms with van der Waals surface area (Å²) < 4.78 is 9.07. The number of benzene rings is 9. The predicted molar refractivity (Wildman–Crippen MR) is 227 cm³/mol. The molecule has 0 aliphatic rings. The lowest BCUT2D eigenvalue weighted by Gasteiger charge is -2.26. The van der Waals surface area contributed by atoms with Crippen LogP contribution in [0.1, 0.15) is 0 Å². The van der Waals surface area contributed by atoms with Crippen molar-refractivity contribution < 1.29 is 4.42 Å². The molecule has 0 amide bonds. The summed E-state index contributed by atoms with van der Waals surface area (Å²) in [5.41, 5.74) is 9.98. The summed E-state index contributed by atoms with van der Waals surface area (Å²) >= 11 is 1.85. The smallest absolute Gasteiger partial charge is 0.143 e. The van der Waals surface area contributed by atoms with Crippen LogP contribution in [0.5, 0.6) is 0 Å². The van der Waals surface area contributed by atoms with E-state index in [1.54, 1.807) is 0 Å². The van der Waals surface area contributed by atoms with Gasteiger partial charge in [0.1, 0.15) is 11.2 Å². The number of furan rings is 1. The Balaban J connectivity index is 1.13. The second-order valence-electron chi connectivity index (χ2n) is 13.7. The number of fused-ring (bicyclic) bond motifs is 9. The largest absolute Gasteiger partial charge is 0.455 e. The minimum absolute atomic E-state index is 0.914. The van der Waals surface area contributed by atoms with E-state index in [4.69, 9.17) is 4.42 Å². The molecule has 9 aromatic carbocycles. The summed E-state index contributed by atoms with van der Waals surface area (Å²) in [6.45, 7) is 0. The molecule has 11 rings (SSSR count). The van der Waals surface area contributed by atoms with Gasteiger partial charge < -0.3 is 9.32 Å². The highest BCUT2D eigenvalue weighted by molar-refractivity contribution is 7.26. The molecule has 0 radical (unpaired) electrons. The number of para-hydroxylation sites is 3. The molecule has 0 atom stereocenters. The highest BCUT2D eigenvalue weighted by Crippen LogP contribution is 2.46. The topological polar surface area (TPSA) is 16.4 Å².